The minimum absolute atomic E-state index is 0.125. The molecule has 0 aliphatic carbocycles. The third kappa shape index (κ3) is 5.04. The van der Waals surface area contributed by atoms with Gasteiger partial charge in [0.1, 0.15) is 5.82 Å². The fourth-order valence-electron chi connectivity index (χ4n) is 2.40. The maximum absolute atomic E-state index is 12.1. The maximum Gasteiger partial charge on any atom is 0.229 e. The molecule has 0 spiro atoms. The van der Waals surface area contributed by atoms with Crippen LogP contribution in [0.5, 0.6) is 0 Å². The number of hydrogen-bond donors (Lipinski definition) is 2. The standard InChI is InChI=1S/C20H19ClN4O/c1-14-6-8-15(9-7-14)12-20(26)23-19-11-10-18(24-25-19)22-13-16-4-2-3-5-17(16)21/h2-11H,12-13H2,1H3,(H,22,24)(H,23,25,26). The molecule has 0 saturated heterocycles. The summed E-state index contributed by atoms with van der Waals surface area (Å²) in [5.74, 6) is 0.909. The van der Waals surface area contributed by atoms with E-state index in [0.29, 0.717) is 29.6 Å². The van der Waals surface area contributed by atoms with Crippen LogP contribution in [0.4, 0.5) is 11.6 Å². The SMILES string of the molecule is Cc1ccc(CC(=O)Nc2ccc(NCc3ccccc3Cl)nn2)cc1. The first-order chi connectivity index (χ1) is 12.6. The average Bonchev–Trinajstić information content (AvgIpc) is 2.64. The van der Waals surface area contributed by atoms with Gasteiger partial charge in [0.15, 0.2) is 5.82 Å². The molecule has 0 saturated carbocycles. The van der Waals surface area contributed by atoms with Crippen molar-refractivity contribution in [2.45, 2.75) is 19.9 Å². The van der Waals surface area contributed by atoms with E-state index in [1.807, 2.05) is 55.5 Å². The summed E-state index contributed by atoms with van der Waals surface area (Å²) < 4.78 is 0. The molecule has 2 aromatic carbocycles. The molecule has 0 aliphatic heterocycles. The van der Waals surface area contributed by atoms with Crippen LogP contribution in [0, 0.1) is 6.92 Å². The van der Waals surface area contributed by atoms with Crippen molar-refractivity contribution in [3.8, 4) is 0 Å². The molecule has 5 nitrogen and oxygen atoms in total. The minimum Gasteiger partial charge on any atom is -0.364 e. The maximum atomic E-state index is 12.1. The second-order valence-corrected chi connectivity index (χ2v) is 6.37. The first-order valence-corrected chi connectivity index (χ1v) is 8.64. The molecule has 3 rings (SSSR count). The molecular formula is C20H19ClN4O. The molecule has 0 bridgehead atoms. The Morgan fingerprint density at radius 2 is 1.65 bits per heavy atom. The lowest BCUT2D eigenvalue weighted by Gasteiger charge is -2.08. The number of nitrogens with one attached hydrogen (secondary N) is 2. The Balaban J connectivity index is 1.53. The number of aryl methyl sites for hydroxylation is 1. The Bertz CT molecular complexity index is 879. The van der Waals surface area contributed by atoms with Crippen LogP contribution in [0.2, 0.25) is 5.02 Å². The van der Waals surface area contributed by atoms with Crippen molar-refractivity contribution in [2.24, 2.45) is 0 Å². The van der Waals surface area contributed by atoms with Gasteiger partial charge in [-0.15, -0.1) is 10.2 Å². The summed E-state index contributed by atoms with van der Waals surface area (Å²) in [6.45, 7) is 2.56. The van der Waals surface area contributed by atoms with Gasteiger partial charge in [0.05, 0.1) is 6.42 Å². The summed E-state index contributed by atoms with van der Waals surface area (Å²) in [5, 5.41) is 14.7. The van der Waals surface area contributed by atoms with E-state index in [2.05, 4.69) is 20.8 Å². The zero-order chi connectivity index (χ0) is 18.4. The third-order valence-electron chi connectivity index (χ3n) is 3.84. The number of amides is 1. The Morgan fingerprint density at radius 1 is 0.962 bits per heavy atom. The van der Waals surface area contributed by atoms with Crippen molar-refractivity contribution in [2.75, 3.05) is 10.6 Å². The van der Waals surface area contributed by atoms with Crippen molar-refractivity contribution in [3.05, 3.63) is 82.4 Å². The quantitative estimate of drug-likeness (QED) is 0.685. The molecule has 6 heteroatoms. The van der Waals surface area contributed by atoms with Crippen LogP contribution in [0.1, 0.15) is 16.7 Å². The molecule has 0 radical (unpaired) electrons. The lowest BCUT2D eigenvalue weighted by Crippen LogP contribution is -2.16. The number of halogens is 1. The smallest absolute Gasteiger partial charge is 0.229 e. The predicted molar refractivity (Wildman–Crippen MR) is 104 cm³/mol. The molecule has 0 atom stereocenters. The normalized spacial score (nSPS) is 10.4. The lowest BCUT2D eigenvalue weighted by atomic mass is 10.1. The van der Waals surface area contributed by atoms with Crippen LogP contribution in [0.15, 0.2) is 60.7 Å². The van der Waals surface area contributed by atoms with Crippen molar-refractivity contribution in [1.29, 1.82) is 0 Å². The monoisotopic (exact) mass is 366 g/mol. The zero-order valence-electron chi connectivity index (χ0n) is 14.4. The number of carbonyl (C=O) groups excluding carboxylic acids is 1. The van der Waals surface area contributed by atoms with E-state index in [4.69, 9.17) is 11.6 Å². The van der Waals surface area contributed by atoms with Gasteiger partial charge in [-0.3, -0.25) is 4.79 Å². The van der Waals surface area contributed by atoms with Crippen molar-refractivity contribution >= 4 is 29.1 Å². The topological polar surface area (TPSA) is 66.9 Å². The van der Waals surface area contributed by atoms with E-state index in [1.54, 1.807) is 12.1 Å². The summed E-state index contributed by atoms with van der Waals surface area (Å²) in [6, 6.07) is 19.0. The van der Waals surface area contributed by atoms with E-state index in [9.17, 15) is 4.79 Å². The Labute approximate surface area is 157 Å². The second-order valence-electron chi connectivity index (χ2n) is 5.96. The lowest BCUT2D eigenvalue weighted by molar-refractivity contribution is -0.115. The van der Waals surface area contributed by atoms with E-state index in [-0.39, 0.29) is 5.91 Å². The van der Waals surface area contributed by atoms with Gasteiger partial charge in [0, 0.05) is 11.6 Å². The largest absolute Gasteiger partial charge is 0.364 e. The van der Waals surface area contributed by atoms with Gasteiger partial charge in [0.25, 0.3) is 0 Å². The van der Waals surface area contributed by atoms with E-state index >= 15 is 0 Å². The fourth-order valence-corrected chi connectivity index (χ4v) is 2.60. The third-order valence-corrected chi connectivity index (χ3v) is 4.20. The van der Waals surface area contributed by atoms with Crippen LogP contribution >= 0.6 is 11.6 Å². The Kier molecular flexibility index (Phi) is 5.81. The number of anilines is 2. The van der Waals surface area contributed by atoms with E-state index in [0.717, 1.165) is 11.1 Å². The van der Waals surface area contributed by atoms with Crippen LogP contribution in [-0.2, 0) is 17.8 Å². The molecule has 2 N–H and O–H groups in total. The van der Waals surface area contributed by atoms with Gasteiger partial charge in [0.2, 0.25) is 5.91 Å². The highest BCUT2D eigenvalue weighted by molar-refractivity contribution is 6.31. The molecule has 3 aromatic rings. The summed E-state index contributed by atoms with van der Waals surface area (Å²) in [4.78, 5) is 12.1. The molecule has 1 amide bonds. The molecular weight excluding hydrogens is 348 g/mol. The van der Waals surface area contributed by atoms with Crippen LogP contribution in [0.3, 0.4) is 0 Å². The van der Waals surface area contributed by atoms with Gasteiger partial charge < -0.3 is 10.6 Å². The van der Waals surface area contributed by atoms with Crippen LogP contribution in [0.25, 0.3) is 0 Å². The number of benzene rings is 2. The van der Waals surface area contributed by atoms with Gasteiger partial charge in [-0.25, -0.2) is 0 Å². The number of nitrogens with zero attached hydrogens (tertiary/aromatic N) is 2. The van der Waals surface area contributed by atoms with Gasteiger partial charge in [-0.05, 0) is 36.2 Å². The number of aromatic nitrogens is 2. The van der Waals surface area contributed by atoms with Gasteiger partial charge >= 0.3 is 0 Å². The molecule has 1 aromatic heterocycles. The number of rotatable bonds is 6. The highest BCUT2D eigenvalue weighted by Gasteiger charge is 2.06. The van der Waals surface area contributed by atoms with E-state index in [1.165, 1.54) is 5.56 Å². The number of carbonyl (C=O) groups is 1. The molecule has 26 heavy (non-hydrogen) atoms. The zero-order valence-corrected chi connectivity index (χ0v) is 15.1. The summed E-state index contributed by atoms with van der Waals surface area (Å²) in [7, 11) is 0. The highest BCUT2D eigenvalue weighted by atomic mass is 35.5. The second kappa shape index (κ2) is 8.45. The van der Waals surface area contributed by atoms with E-state index < -0.39 is 0 Å². The Morgan fingerprint density at radius 3 is 2.35 bits per heavy atom. The predicted octanol–water partition coefficient (Wildman–Crippen LogP) is 4.23. The minimum atomic E-state index is -0.125. The molecule has 0 unspecified atom stereocenters. The summed E-state index contributed by atoms with van der Waals surface area (Å²) in [5.41, 5.74) is 3.10. The molecule has 0 aliphatic rings. The van der Waals surface area contributed by atoms with Crippen molar-refractivity contribution < 1.29 is 4.79 Å². The fraction of sp³-hybridized carbons (Fsp3) is 0.150. The van der Waals surface area contributed by atoms with Crippen LogP contribution in [-0.4, -0.2) is 16.1 Å². The first-order valence-electron chi connectivity index (χ1n) is 8.26. The summed E-state index contributed by atoms with van der Waals surface area (Å²) >= 11 is 6.12. The molecule has 1 heterocycles. The van der Waals surface area contributed by atoms with Crippen molar-refractivity contribution in [1.82, 2.24) is 10.2 Å². The average molecular weight is 367 g/mol. The Hall–Kier alpha value is -2.92. The molecule has 132 valence electrons. The first kappa shape index (κ1) is 17.9. The number of hydrogen-bond acceptors (Lipinski definition) is 4. The summed E-state index contributed by atoms with van der Waals surface area (Å²) in [6.07, 6.45) is 0.300. The van der Waals surface area contributed by atoms with Gasteiger partial charge in [-0.2, -0.15) is 0 Å². The van der Waals surface area contributed by atoms with Crippen LogP contribution < -0.4 is 10.6 Å². The highest BCUT2D eigenvalue weighted by Crippen LogP contribution is 2.16. The van der Waals surface area contributed by atoms with Crippen molar-refractivity contribution in [3.63, 3.8) is 0 Å². The van der Waals surface area contributed by atoms with Gasteiger partial charge in [-0.1, -0.05) is 59.6 Å². The molecule has 0 fully saturated rings.